The summed E-state index contributed by atoms with van der Waals surface area (Å²) in [6, 6.07) is 6.02. The van der Waals surface area contributed by atoms with E-state index in [2.05, 4.69) is 15.5 Å². The van der Waals surface area contributed by atoms with Gasteiger partial charge in [-0.3, -0.25) is 0 Å². The van der Waals surface area contributed by atoms with E-state index in [1.54, 1.807) is 6.07 Å². The molecule has 1 aromatic carbocycles. The first-order chi connectivity index (χ1) is 9.72. The molecule has 0 saturated heterocycles. The summed E-state index contributed by atoms with van der Waals surface area (Å²) < 4.78 is 5.10. The molecule has 2 N–H and O–H groups in total. The van der Waals surface area contributed by atoms with Crippen molar-refractivity contribution < 1.29 is 9.63 Å². The van der Waals surface area contributed by atoms with Crippen LogP contribution in [-0.4, -0.2) is 21.8 Å². The molecular formula is C15H19N3O2. The highest BCUT2D eigenvalue weighted by Gasteiger charge is 2.20. The molecule has 2 aromatic rings. The van der Waals surface area contributed by atoms with Crippen LogP contribution in [0.1, 0.15) is 41.7 Å². The Morgan fingerprint density at radius 3 is 3.15 bits per heavy atom. The van der Waals surface area contributed by atoms with Crippen LogP contribution >= 0.6 is 0 Å². The lowest BCUT2D eigenvalue weighted by Crippen LogP contribution is -2.27. The summed E-state index contributed by atoms with van der Waals surface area (Å²) in [4.78, 5) is 4.20. The van der Waals surface area contributed by atoms with Crippen molar-refractivity contribution in [3.8, 4) is 5.75 Å². The fraction of sp³-hybridized carbons (Fsp3) is 0.467. The lowest BCUT2D eigenvalue weighted by molar-refractivity contribution is 0.366. The Hall–Kier alpha value is -1.88. The Bertz CT molecular complexity index is 595. The largest absolute Gasteiger partial charge is 0.508 e. The quantitative estimate of drug-likeness (QED) is 0.894. The number of hydrogen-bond acceptors (Lipinski definition) is 5. The van der Waals surface area contributed by atoms with E-state index in [0.29, 0.717) is 23.5 Å². The molecule has 0 aliphatic heterocycles. The minimum absolute atomic E-state index is 0.350. The zero-order valence-electron chi connectivity index (χ0n) is 11.6. The Morgan fingerprint density at radius 1 is 1.45 bits per heavy atom. The molecule has 5 nitrogen and oxygen atoms in total. The standard InChI is InChI=1S/C15H19N3O2/c1-10-17-15(20-18-10)7-8-16-14-4-2-3-11-9-12(19)5-6-13(11)14/h5-6,9,14,16,19H,2-4,7-8H2,1H3. The van der Waals surface area contributed by atoms with Crippen LogP contribution in [0.4, 0.5) is 0 Å². The van der Waals surface area contributed by atoms with E-state index >= 15 is 0 Å². The monoisotopic (exact) mass is 273 g/mol. The van der Waals surface area contributed by atoms with Crippen molar-refractivity contribution in [2.45, 2.75) is 38.6 Å². The number of aromatic hydroxyl groups is 1. The van der Waals surface area contributed by atoms with Gasteiger partial charge in [0.1, 0.15) is 5.75 Å². The number of nitrogens with zero attached hydrogens (tertiary/aromatic N) is 2. The maximum Gasteiger partial charge on any atom is 0.227 e. The van der Waals surface area contributed by atoms with Gasteiger partial charge in [0, 0.05) is 19.0 Å². The number of benzene rings is 1. The highest BCUT2D eigenvalue weighted by molar-refractivity contribution is 5.38. The summed E-state index contributed by atoms with van der Waals surface area (Å²) in [5.41, 5.74) is 2.55. The molecule has 0 bridgehead atoms. The molecule has 1 heterocycles. The van der Waals surface area contributed by atoms with Gasteiger partial charge in [-0.15, -0.1) is 0 Å². The van der Waals surface area contributed by atoms with Crippen LogP contribution < -0.4 is 5.32 Å². The van der Waals surface area contributed by atoms with Gasteiger partial charge in [0.2, 0.25) is 5.89 Å². The number of phenolic OH excluding ortho intramolecular Hbond substituents is 1. The van der Waals surface area contributed by atoms with Crippen molar-refractivity contribution in [2.24, 2.45) is 0 Å². The lowest BCUT2D eigenvalue weighted by Gasteiger charge is -2.26. The number of phenols is 1. The van der Waals surface area contributed by atoms with Gasteiger partial charge < -0.3 is 14.9 Å². The third kappa shape index (κ3) is 2.82. The summed E-state index contributed by atoms with van der Waals surface area (Å²) in [5, 5.41) is 16.9. The predicted molar refractivity (Wildman–Crippen MR) is 74.5 cm³/mol. The normalized spacial score (nSPS) is 17.9. The molecule has 1 atom stereocenters. The zero-order chi connectivity index (χ0) is 13.9. The molecular weight excluding hydrogens is 254 g/mol. The van der Waals surface area contributed by atoms with Crippen molar-refractivity contribution in [1.29, 1.82) is 0 Å². The summed E-state index contributed by atoms with van der Waals surface area (Å²) in [7, 11) is 0. The average molecular weight is 273 g/mol. The maximum atomic E-state index is 9.55. The molecule has 1 aliphatic rings. The first-order valence-corrected chi connectivity index (χ1v) is 7.07. The lowest BCUT2D eigenvalue weighted by atomic mass is 9.87. The van der Waals surface area contributed by atoms with E-state index in [9.17, 15) is 5.11 Å². The van der Waals surface area contributed by atoms with Crippen LogP contribution in [-0.2, 0) is 12.8 Å². The fourth-order valence-electron chi connectivity index (χ4n) is 2.81. The van der Waals surface area contributed by atoms with E-state index in [0.717, 1.165) is 32.2 Å². The molecule has 106 valence electrons. The van der Waals surface area contributed by atoms with Crippen molar-refractivity contribution in [1.82, 2.24) is 15.5 Å². The topological polar surface area (TPSA) is 71.2 Å². The first kappa shape index (κ1) is 13.1. The minimum atomic E-state index is 0.350. The van der Waals surface area contributed by atoms with Crippen LogP contribution in [0, 0.1) is 6.92 Å². The van der Waals surface area contributed by atoms with Crippen LogP contribution in [0.3, 0.4) is 0 Å². The molecule has 1 aliphatic carbocycles. The highest BCUT2D eigenvalue weighted by atomic mass is 16.5. The number of fused-ring (bicyclic) bond motifs is 1. The first-order valence-electron chi connectivity index (χ1n) is 7.07. The Morgan fingerprint density at radius 2 is 2.35 bits per heavy atom. The number of rotatable bonds is 4. The van der Waals surface area contributed by atoms with Crippen molar-refractivity contribution in [3.05, 3.63) is 41.0 Å². The van der Waals surface area contributed by atoms with Gasteiger partial charge >= 0.3 is 0 Å². The highest BCUT2D eigenvalue weighted by Crippen LogP contribution is 2.31. The van der Waals surface area contributed by atoms with Crippen LogP contribution in [0.2, 0.25) is 0 Å². The summed E-state index contributed by atoms with van der Waals surface area (Å²) >= 11 is 0. The van der Waals surface area contributed by atoms with E-state index in [1.165, 1.54) is 11.1 Å². The summed E-state index contributed by atoms with van der Waals surface area (Å²) in [5.74, 6) is 1.71. The Kier molecular flexibility index (Phi) is 3.69. The fourth-order valence-corrected chi connectivity index (χ4v) is 2.81. The van der Waals surface area contributed by atoms with E-state index in [-0.39, 0.29) is 0 Å². The van der Waals surface area contributed by atoms with Crippen LogP contribution in [0.25, 0.3) is 0 Å². The van der Waals surface area contributed by atoms with Crippen molar-refractivity contribution in [2.75, 3.05) is 6.54 Å². The summed E-state index contributed by atoms with van der Waals surface area (Å²) in [6.07, 6.45) is 4.06. The molecule has 20 heavy (non-hydrogen) atoms. The van der Waals surface area contributed by atoms with E-state index < -0.39 is 0 Å². The molecule has 0 fully saturated rings. The number of hydrogen-bond donors (Lipinski definition) is 2. The smallest absolute Gasteiger partial charge is 0.227 e. The van der Waals surface area contributed by atoms with Crippen LogP contribution in [0.5, 0.6) is 5.75 Å². The second-order valence-electron chi connectivity index (χ2n) is 5.27. The van der Waals surface area contributed by atoms with Gasteiger partial charge in [0.05, 0.1) is 0 Å². The Labute approximate surface area is 118 Å². The maximum absolute atomic E-state index is 9.55. The third-order valence-corrected chi connectivity index (χ3v) is 3.74. The van der Waals surface area contributed by atoms with Gasteiger partial charge in [-0.25, -0.2) is 0 Å². The zero-order valence-corrected chi connectivity index (χ0v) is 11.6. The summed E-state index contributed by atoms with van der Waals surface area (Å²) in [6.45, 7) is 2.64. The van der Waals surface area contributed by atoms with E-state index in [4.69, 9.17) is 4.52 Å². The molecule has 0 saturated carbocycles. The second-order valence-corrected chi connectivity index (χ2v) is 5.27. The van der Waals surface area contributed by atoms with E-state index in [1.807, 2.05) is 19.1 Å². The van der Waals surface area contributed by atoms with Gasteiger partial charge in [0.25, 0.3) is 0 Å². The van der Waals surface area contributed by atoms with Gasteiger partial charge in [0.15, 0.2) is 5.82 Å². The minimum Gasteiger partial charge on any atom is -0.508 e. The SMILES string of the molecule is Cc1noc(CCNC2CCCc3cc(O)ccc32)n1. The molecule has 0 radical (unpaired) electrons. The molecule has 1 unspecified atom stereocenters. The average Bonchev–Trinajstić information content (AvgIpc) is 2.84. The Balaban J connectivity index is 1.61. The van der Waals surface area contributed by atoms with Crippen molar-refractivity contribution in [3.63, 3.8) is 0 Å². The van der Waals surface area contributed by atoms with Gasteiger partial charge in [-0.05, 0) is 49.4 Å². The molecule has 3 rings (SSSR count). The number of aryl methyl sites for hydroxylation is 2. The van der Waals surface area contributed by atoms with Gasteiger partial charge in [-0.1, -0.05) is 11.2 Å². The van der Waals surface area contributed by atoms with Crippen molar-refractivity contribution >= 4 is 0 Å². The van der Waals surface area contributed by atoms with Crippen LogP contribution in [0.15, 0.2) is 22.7 Å². The molecule has 0 spiro atoms. The third-order valence-electron chi connectivity index (χ3n) is 3.74. The molecule has 5 heteroatoms. The molecule has 0 amide bonds. The number of aromatic nitrogens is 2. The molecule has 1 aromatic heterocycles. The second kappa shape index (κ2) is 5.63. The number of nitrogens with one attached hydrogen (secondary N) is 1. The predicted octanol–water partition coefficient (Wildman–Crippen LogP) is 2.29. The van der Waals surface area contributed by atoms with Gasteiger partial charge in [-0.2, -0.15) is 4.98 Å².